The first-order valence-electron chi connectivity index (χ1n) is 6.33. The summed E-state index contributed by atoms with van der Waals surface area (Å²) < 4.78 is 5.21. The Bertz CT molecular complexity index is 237. The molecule has 1 amide bonds. The maximum Gasteiger partial charge on any atom is 0.227 e. The second-order valence-electron chi connectivity index (χ2n) is 4.83. The Labute approximate surface area is 97.3 Å². The van der Waals surface area contributed by atoms with E-state index in [1.807, 2.05) is 0 Å². The summed E-state index contributed by atoms with van der Waals surface area (Å²) in [5.41, 5.74) is 0. The van der Waals surface area contributed by atoms with Crippen molar-refractivity contribution in [2.75, 3.05) is 33.4 Å². The van der Waals surface area contributed by atoms with E-state index in [0.29, 0.717) is 18.6 Å². The van der Waals surface area contributed by atoms with E-state index in [2.05, 4.69) is 10.2 Å². The summed E-state index contributed by atoms with van der Waals surface area (Å²) in [5.74, 6) is 0.546. The van der Waals surface area contributed by atoms with Gasteiger partial charge in [0.25, 0.3) is 0 Å². The number of carbonyl (C=O) groups is 1. The summed E-state index contributed by atoms with van der Waals surface area (Å²) in [6.07, 6.45) is 4.46. The molecule has 2 aliphatic rings. The van der Waals surface area contributed by atoms with Gasteiger partial charge in [0.1, 0.15) is 0 Å². The molecular formula is C12H22N2O2. The minimum atomic E-state index is 0.206. The second-order valence-corrected chi connectivity index (χ2v) is 4.83. The van der Waals surface area contributed by atoms with Crippen molar-refractivity contribution in [3.8, 4) is 0 Å². The van der Waals surface area contributed by atoms with Crippen LogP contribution in [-0.4, -0.2) is 50.2 Å². The molecule has 1 N–H and O–H groups in total. The molecule has 92 valence electrons. The number of hydrogen-bond donors (Lipinski definition) is 1. The summed E-state index contributed by atoms with van der Waals surface area (Å²) in [6.45, 7) is 3.45. The van der Waals surface area contributed by atoms with Crippen molar-refractivity contribution in [3.63, 3.8) is 0 Å². The van der Waals surface area contributed by atoms with Crippen molar-refractivity contribution in [3.05, 3.63) is 0 Å². The van der Waals surface area contributed by atoms with E-state index in [1.54, 1.807) is 7.11 Å². The normalized spacial score (nSPS) is 30.7. The highest BCUT2D eigenvalue weighted by Crippen LogP contribution is 2.21. The quantitative estimate of drug-likeness (QED) is 0.767. The highest BCUT2D eigenvalue weighted by molar-refractivity contribution is 5.79. The Hall–Kier alpha value is -0.610. The molecule has 16 heavy (non-hydrogen) atoms. The van der Waals surface area contributed by atoms with Crippen LogP contribution in [0.25, 0.3) is 0 Å². The average molecular weight is 226 g/mol. The molecule has 2 aliphatic heterocycles. The van der Waals surface area contributed by atoms with Gasteiger partial charge in [-0.2, -0.15) is 0 Å². The number of amides is 1. The summed E-state index contributed by atoms with van der Waals surface area (Å²) in [5, 5.41) is 3.26. The van der Waals surface area contributed by atoms with Crippen molar-refractivity contribution in [2.45, 2.75) is 31.7 Å². The maximum atomic E-state index is 12.3. The Kier molecular flexibility index (Phi) is 4.18. The Morgan fingerprint density at radius 2 is 2.31 bits per heavy atom. The maximum absolute atomic E-state index is 12.3. The number of carbonyl (C=O) groups excluding carboxylic acids is 1. The first-order chi connectivity index (χ1) is 7.83. The topological polar surface area (TPSA) is 41.6 Å². The third-order valence-corrected chi connectivity index (χ3v) is 3.68. The Balaban J connectivity index is 1.95. The third-order valence-electron chi connectivity index (χ3n) is 3.68. The van der Waals surface area contributed by atoms with Crippen LogP contribution in [-0.2, 0) is 9.53 Å². The molecule has 0 saturated carbocycles. The van der Waals surface area contributed by atoms with E-state index in [1.165, 1.54) is 6.42 Å². The number of nitrogens with one attached hydrogen (secondary N) is 1. The molecule has 0 aromatic heterocycles. The van der Waals surface area contributed by atoms with Crippen LogP contribution in [0.2, 0.25) is 0 Å². The number of methoxy groups -OCH3 is 1. The summed E-state index contributed by atoms with van der Waals surface area (Å²) in [7, 11) is 1.72. The molecule has 0 bridgehead atoms. The van der Waals surface area contributed by atoms with E-state index in [9.17, 15) is 4.79 Å². The van der Waals surface area contributed by atoms with Crippen molar-refractivity contribution in [2.24, 2.45) is 5.92 Å². The molecule has 0 unspecified atom stereocenters. The Morgan fingerprint density at radius 3 is 3.00 bits per heavy atom. The number of nitrogens with zero attached hydrogens (tertiary/aromatic N) is 1. The van der Waals surface area contributed by atoms with Crippen LogP contribution >= 0.6 is 0 Å². The standard InChI is InChI=1S/C12H22N2O2/c1-16-9-11-4-2-3-7-14(11)12(15)10-5-6-13-8-10/h10-11,13H,2-9H2,1H3/t10-,11-/m1/s1. The lowest BCUT2D eigenvalue weighted by molar-refractivity contribution is -0.140. The fourth-order valence-corrected chi connectivity index (χ4v) is 2.76. The van der Waals surface area contributed by atoms with Crippen LogP contribution in [0, 0.1) is 5.92 Å². The monoisotopic (exact) mass is 226 g/mol. The highest BCUT2D eigenvalue weighted by atomic mass is 16.5. The molecule has 0 radical (unpaired) electrons. The van der Waals surface area contributed by atoms with Crippen molar-refractivity contribution in [1.29, 1.82) is 0 Å². The molecule has 2 saturated heterocycles. The highest BCUT2D eigenvalue weighted by Gasteiger charge is 2.32. The third kappa shape index (κ3) is 2.55. The smallest absolute Gasteiger partial charge is 0.227 e. The first kappa shape index (κ1) is 11.9. The van der Waals surface area contributed by atoms with Crippen LogP contribution in [0.5, 0.6) is 0 Å². The lowest BCUT2D eigenvalue weighted by Crippen LogP contribution is -2.48. The molecule has 4 heteroatoms. The fourth-order valence-electron chi connectivity index (χ4n) is 2.76. The van der Waals surface area contributed by atoms with Gasteiger partial charge >= 0.3 is 0 Å². The summed E-state index contributed by atoms with van der Waals surface area (Å²) in [6, 6.07) is 0.312. The van der Waals surface area contributed by atoms with Gasteiger partial charge in [0.15, 0.2) is 0 Å². The van der Waals surface area contributed by atoms with E-state index in [-0.39, 0.29) is 5.92 Å². The van der Waals surface area contributed by atoms with Crippen molar-refractivity contribution >= 4 is 5.91 Å². The molecule has 0 spiro atoms. The predicted molar refractivity (Wildman–Crippen MR) is 62.2 cm³/mol. The molecular weight excluding hydrogens is 204 g/mol. The molecule has 0 aromatic rings. The molecule has 2 heterocycles. The van der Waals surface area contributed by atoms with Gasteiger partial charge < -0.3 is 15.0 Å². The van der Waals surface area contributed by atoms with E-state index < -0.39 is 0 Å². The van der Waals surface area contributed by atoms with Gasteiger partial charge in [0, 0.05) is 20.2 Å². The van der Waals surface area contributed by atoms with Crippen LogP contribution in [0.15, 0.2) is 0 Å². The second kappa shape index (κ2) is 5.64. The lowest BCUT2D eigenvalue weighted by Gasteiger charge is -2.36. The van der Waals surface area contributed by atoms with Gasteiger partial charge in [0.05, 0.1) is 18.6 Å². The van der Waals surface area contributed by atoms with Gasteiger partial charge in [-0.15, -0.1) is 0 Å². The van der Waals surface area contributed by atoms with E-state index >= 15 is 0 Å². The van der Waals surface area contributed by atoms with Crippen LogP contribution in [0.3, 0.4) is 0 Å². The SMILES string of the molecule is COC[C@H]1CCCCN1C(=O)[C@@H]1CCNC1. The van der Waals surface area contributed by atoms with Gasteiger partial charge in [-0.05, 0) is 32.2 Å². The zero-order valence-corrected chi connectivity index (χ0v) is 10.1. The van der Waals surface area contributed by atoms with Gasteiger partial charge in [-0.25, -0.2) is 0 Å². The number of piperidine rings is 1. The first-order valence-corrected chi connectivity index (χ1v) is 6.33. The largest absolute Gasteiger partial charge is 0.383 e. The molecule has 0 aliphatic carbocycles. The Morgan fingerprint density at radius 1 is 1.44 bits per heavy atom. The van der Waals surface area contributed by atoms with Gasteiger partial charge in [0.2, 0.25) is 5.91 Å². The zero-order chi connectivity index (χ0) is 11.4. The number of hydrogen-bond acceptors (Lipinski definition) is 3. The van der Waals surface area contributed by atoms with Gasteiger partial charge in [-0.3, -0.25) is 4.79 Å². The number of rotatable bonds is 3. The number of ether oxygens (including phenoxy) is 1. The molecule has 2 rings (SSSR count). The van der Waals surface area contributed by atoms with Crippen LogP contribution < -0.4 is 5.32 Å². The minimum absolute atomic E-state index is 0.206. The van der Waals surface area contributed by atoms with E-state index in [0.717, 1.165) is 38.9 Å². The molecule has 4 nitrogen and oxygen atoms in total. The van der Waals surface area contributed by atoms with Crippen molar-refractivity contribution < 1.29 is 9.53 Å². The summed E-state index contributed by atoms with van der Waals surface area (Å²) >= 11 is 0. The zero-order valence-electron chi connectivity index (χ0n) is 10.1. The van der Waals surface area contributed by atoms with E-state index in [4.69, 9.17) is 4.74 Å². The van der Waals surface area contributed by atoms with Gasteiger partial charge in [-0.1, -0.05) is 0 Å². The van der Waals surface area contributed by atoms with Crippen LogP contribution in [0.4, 0.5) is 0 Å². The summed E-state index contributed by atoms with van der Waals surface area (Å²) in [4.78, 5) is 14.4. The molecule has 2 atom stereocenters. The molecule has 2 fully saturated rings. The van der Waals surface area contributed by atoms with Crippen LogP contribution in [0.1, 0.15) is 25.7 Å². The van der Waals surface area contributed by atoms with Crippen molar-refractivity contribution in [1.82, 2.24) is 10.2 Å². The number of likely N-dealkylation sites (tertiary alicyclic amines) is 1. The lowest BCUT2D eigenvalue weighted by atomic mass is 9.99. The fraction of sp³-hybridized carbons (Fsp3) is 0.917. The average Bonchev–Trinajstić information content (AvgIpc) is 2.83. The predicted octanol–water partition coefficient (Wildman–Crippen LogP) is 0.623. The minimum Gasteiger partial charge on any atom is -0.383 e. The molecule has 0 aromatic carbocycles.